The smallest absolute Gasteiger partial charge is 0.174 e. The number of ether oxygens (including phenoxy) is 5. The molecule has 0 atom stereocenters. The van der Waals surface area contributed by atoms with Gasteiger partial charge in [0.25, 0.3) is 0 Å². The number of hydrogen-bond acceptors (Lipinski definition) is 5. The van der Waals surface area contributed by atoms with Gasteiger partial charge >= 0.3 is 0 Å². The molecular formula is C22H24O5. The molecule has 5 heteroatoms. The highest BCUT2D eigenvalue weighted by atomic mass is 16.9. The summed E-state index contributed by atoms with van der Waals surface area (Å²) in [5.74, 6) is 0.862. The monoisotopic (exact) mass is 368 g/mol. The van der Waals surface area contributed by atoms with Gasteiger partial charge in [0, 0.05) is 0 Å². The molecule has 0 amide bonds. The first kappa shape index (κ1) is 17.2. The van der Waals surface area contributed by atoms with Crippen LogP contribution in [0.4, 0.5) is 0 Å². The molecule has 0 unspecified atom stereocenters. The van der Waals surface area contributed by atoms with Crippen molar-refractivity contribution in [2.75, 3.05) is 7.11 Å². The van der Waals surface area contributed by atoms with E-state index in [1.807, 2.05) is 26.0 Å². The van der Waals surface area contributed by atoms with Gasteiger partial charge in [0.05, 0.1) is 12.5 Å². The van der Waals surface area contributed by atoms with E-state index in [9.17, 15) is 0 Å². The Labute approximate surface area is 159 Å². The summed E-state index contributed by atoms with van der Waals surface area (Å²) in [6.07, 6.45) is 0.746. The van der Waals surface area contributed by atoms with Gasteiger partial charge < -0.3 is 23.7 Å². The third-order valence-electron chi connectivity index (χ3n) is 5.87. The zero-order chi connectivity index (χ0) is 18.6. The van der Waals surface area contributed by atoms with E-state index in [1.165, 1.54) is 22.3 Å². The van der Waals surface area contributed by atoms with Crippen molar-refractivity contribution in [3.05, 3.63) is 53.6 Å². The summed E-state index contributed by atoms with van der Waals surface area (Å²) < 4.78 is 28.8. The summed E-state index contributed by atoms with van der Waals surface area (Å²) >= 11 is 0. The summed E-state index contributed by atoms with van der Waals surface area (Å²) in [6, 6.07) is 14.8. The Morgan fingerprint density at radius 1 is 0.778 bits per heavy atom. The largest absolute Gasteiger partial charge is 0.497 e. The minimum Gasteiger partial charge on any atom is -0.497 e. The summed E-state index contributed by atoms with van der Waals surface area (Å²) in [6.45, 7) is 3.83. The van der Waals surface area contributed by atoms with E-state index < -0.39 is 0 Å². The Hall–Kier alpha value is -1.92. The van der Waals surface area contributed by atoms with Crippen molar-refractivity contribution in [2.24, 2.45) is 5.41 Å². The van der Waals surface area contributed by atoms with Crippen molar-refractivity contribution in [1.82, 2.24) is 0 Å². The third kappa shape index (κ3) is 2.77. The fourth-order valence-electron chi connectivity index (χ4n) is 4.40. The van der Waals surface area contributed by atoms with E-state index >= 15 is 0 Å². The van der Waals surface area contributed by atoms with Crippen LogP contribution in [0.15, 0.2) is 42.5 Å². The Balaban J connectivity index is 1.44. The first-order valence-corrected chi connectivity index (χ1v) is 9.45. The molecule has 2 saturated heterocycles. The average Bonchev–Trinajstić information content (AvgIpc) is 3.02. The van der Waals surface area contributed by atoms with Crippen LogP contribution in [0.25, 0.3) is 11.1 Å². The maximum atomic E-state index is 5.89. The molecule has 0 radical (unpaired) electrons. The van der Waals surface area contributed by atoms with E-state index in [0.29, 0.717) is 0 Å². The van der Waals surface area contributed by atoms with Crippen molar-refractivity contribution in [1.29, 1.82) is 0 Å². The third-order valence-corrected chi connectivity index (χ3v) is 5.87. The molecule has 0 bridgehead atoms. The van der Waals surface area contributed by atoms with Crippen LogP contribution >= 0.6 is 0 Å². The highest BCUT2D eigenvalue weighted by Crippen LogP contribution is 2.51. The normalized spacial score (nSPS) is 34.5. The maximum absolute atomic E-state index is 5.89. The standard InChI is InChI=1S/C22H24O5/c1-13-24-20(25-13)22(21-26-14(2)27-21)11-17-5-4-16(10-18(17)12-22)15-6-8-19(23-3)9-7-15/h4-10,13-14,20-21H,11-12H2,1-3H3. The minimum absolute atomic E-state index is 0.164. The summed E-state index contributed by atoms with van der Waals surface area (Å²) in [5, 5.41) is 0. The lowest BCUT2D eigenvalue weighted by atomic mass is 9.81. The van der Waals surface area contributed by atoms with Crippen LogP contribution in [-0.2, 0) is 31.8 Å². The van der Waals surface area contributed by atoms with E-state index in [2.05, 4.69) is 30.3 Å². The fraction of sp³-hybridized carbons (Fsp3) is 0.455. The van der Waals surface area contributed by atoms with E-state index in [1.54, 1.807) is 7.11 Å². The van der Waals surface area contributed by atoms with Crippen LogP contribution in [0.2, 0.25) is 0 Å². The number of rotatable bonds is 4. The van der Waals surface area contributed by atoms with Gasteiger partial charge in [0.15, 0.2) is 25.2 Å². The highest BCUT2D eigenvalue weighted by Gasteiger charge is 2.59. The van der Waals surface area contributed by atoms with Crippen LogP contribution in [0.5, 0.6) is 5.75 Å². The van der Waals surface area contributed by atoms with Crippen molar-refractivity contribution in [3.8, 4) is 16.9 Å². The molecule has 5 rings (SSSR count). The van der Waals surface area contributed by atoms with Gasteiger partial charge in [-0.2, -0.15) is 0 Å². The summed E-state index contributed by atoms with van der Waals surface area (Å²) in [4.78, 5) is 0. The van der Waals surface area contributed by atoms with Crippen molar-refractivity contribution in [3.63, 3.8) is 0 Å². The Kier molecular flexibility index (Phi) is 4.02. The van der Waals surface area contributed by atoms with E-state index in [0.717, 1.165) is 18.6 Å². The molecule has 2 fully saturated rings. The van der Waals surface area contributed by atoms with Crippen molar-refractivity contribution >= 4 is 0 Å². The van der Waals surface area contributed by atoms with Crippen LogP contribution in [0.3, 0.4) is 0 Å². The average molecular weight is 368 g/mol. The molecular weight excluding hydrogens is 344 g/mol. The second-order valence-corrected chi connectivity index (χ2v) is 7.64. The SMILES string of the molecule is COc1ccc(-c2ccc3c(c2)CC(C2OC(C)O2)(C2OC(C)O2)C3)cc1. The molecule has 2 aliphatic heterocycles. The summed E-state index contributed by atoms with van der Waals surface area (Å²) in [5.41, 5.74) is 4.66. The van der Waals surface area contributed by atoms with Crippen LogP contribution < -0.4 is 4.74 Å². The van der Waals surface area contributed by atoms with Gasteiger partial charge in [-0.15, -0.1) is 0 Å². The van der Waals surface area contributed by atoms with Gasteiger partial charge in [-0.25, -0.2) is 0 Å². The lowest BCUT2D eigenvalue weighted by molar-refractivity contribution is -0.479. The zero-order valence-electron chi connectivity index (χ0n) is 15.8. The molecule has 0 spiro atoms. The molecule has 1 aliphatic carbocycles. The Morgan fingerprint density at radius 3 is 1.89 bits per heavy atom. The second-order valence-electron chi connectivity index (χ2n) is 7.64. The molecule has 0 saturated carbocycles. The molecule has 2 aromatic carbocycles. The minimum atomic E-state index is -0.320. The van der Waals surface area contributed by atoms with E-state index in [4.69, 9.17) is 23.7 Å². The van der Waals surface area contributed by atoms with Crippen LogP contribution in [-0.4, -0.2) is 32.3 Å². The molecule has 3 aliphatic rings. The molecule has 0 N–H and O–H groups in total. The maximum Gasteiger partial charge on any atom is 0.174 e. The first-order chi connectivity index (χ1) is 13.1. The number of methoxy groups -OCH3 is 1. The van der Waals surface area contributed by atoms with Crippen molar-refractivity contribution in [2.45, 2.75) is 51.8 Å². The molecule has 5 nitrogen and oxygen atoms in total. The predicted molar refractivity (Wildman–Crippen MR) is 99.1 cm³/mol. The van der Waals surface area contributed by atoms with Crippen LogP contribution in [0.1, 0.15) is 25.0 Å². The second kappa shape index (κ2) is 6.31. The first-order valence-electron chi connectivity index (χ1n) is 9.45. The lowest BCUT2D eigenvalue weighted by Crippen LogP contribution is -2.62. The topological polar surface area (TPSA) is 46.2 Å². The molecule has 2 aromatic rings. The molecule has 0 aromatic heterocycles. The Morgan fingerprint density at radius 2 is 1.33 bits per heavy atom. The van der Waals surface area contributed by atoms with Crippen LogP contribution in [0, 0.1) is 5.41 Å². The molecule has 27 heavy (non-hydrogen) atoms. The predicted octanol–water partition coefficient (Wildman–Crippen LogP) is 3.89. The number of benzene rings is 2. The highest BCUT2D eigenvalue weighted by molar-refractivity contribution is 5.66. The molecule has 142 valence electrons. The lowest BCUT2D eigenvalue weighted by Gasteiger charge is -2.52. The van der Waals surface area contributed by atoms with Gasteiger partial charge in [-0.1, -0.05) is 30.3 Å². The number of fused-ring (bicyclic) bond motifs is 1. The Bertz CT molecular complexity index is 816. The molecule has 2 heterocycles. The van der Waals surface area contributed by atoms with Gasteiger partial charge in [-0.3, -0.25) is 0 Å². The zero-order valence-corrected chi connectivity index (χ0v) is 15.8. The van der Waals surface area contributed by atoms with Gasteiger partial charge in [-0.05, 0) is 61.1 Å². The van der Waals surface area contributed by atoms with E-state index in [-0.39, 0.29) is 30.6 Å². The number of hydrogen-bond donors (Lipinski definition) is 0. The van der Waals surface area contributed by atoms with Crippen molar-refractivity contribution < 1.29 is 23.7 Å². The van der Waals surface area contributed by atoms with Gasteiger partial charge in [0.2, 0.25) is 0 Å². The summed E-state index contributed by atoms with van der Waals surface area (Å²) in [7, 11) is 1.68. The van der Waals surface area contributed by atoms with Gasteiger partial charge in [0.1, 0.15) is 5.75 Å². The fourth-order valence-corrected chi connectivity index (χ4v) is 4.40. The quantitative estimate of drug-likeness (QED) is 0.819.